The van der Waals surface area contributed by atoms with Gasteiger partial charge in [0.25, 0.3) is 5.69 Å². The second kappa shape index (κ2) is 10.8. The highest BCUT2D eigenvalue weighted by Crippen LogP contribution is 2.22. The number of nitrogens with one attached hydrogen (secondary N) is 2. The van der Waals surface area contributed by atoms with E-state index < -0.39 is 14.9 Å². The second-order valence-electron chi connectivity index (χ2n) is 7.58. The smallest absolute Gasteiger partial charge is 0.271 e. The summed E-state index contributed by atoms with van der Waals surface area (Å²) in [6.45, 7) is 2.05. The number of nitro benzene ring substituents is 1. The zero-order valence-electron chi connectivity index (χ0n) is 18.2. The monoisotopic (exact) mass is 467 g/mol. The Morgan fingerprint density at radius 3 is 2.27 bits per heavy atom. The van der Waals surface area contributed by atoms with Gasteiger partial charge >= 0.3 is 0 Å². The third-order valence-electron chi connectivity index (χ3n) is 5.13. The number of rotatable bonds is 10. The number of non-ortho nitro benzene ring substituents is 1. The van der Waals surface area contributed by atoms with Gasteiger partial charge in [0.15, 0.2) is 0 Å². The minimum absolute atomic E-state index is 0.0925. The molecular weight excluding hydrogens is 442 g/mol. The van der Waals surface area contributed by atoms with Crippen molar-refractivity contribution in [2.45, 2.75) is 31.1 Å². The van der Waals surface area contributed by atoms with Crippen LogP contribution < -0.4 is 10.0 Å². The molecule has 0 bridgehead atoms. The standard InChI is InChI=1S/C24H25N3O5S/c1-18-7-11-21(27(29)30)17-23(18)26-24(28)14-10-20-8-12-22(13-9-20)33(31,32)25-16-15-19-5-3-2-4-6-19/h2-9,11-13,17,25H,10,14-16H2,1H3,(H,26,28). The third kappa shape index (κ3) is 6.96. The van der Waals surface area contributed by atoms with E-state index in [1.165, 1.54) is 24.3 Å². The van der Waals surface area contributed by atoms with Crippen molar-refractivity contribution in [3.63, 3.8) is 0 Å². The lowest BCUT2D eigenvalue weighted by atomic mass is 10.1. The lowest BCUT2D eigenvalue weighted by Crippen LogP contribution is -2.26. The fraction of sp³-hybridized carbons (Fsp3) is 0.208. The van der Waals surface area contributed by atoms with E-state index >= 15 is 0 Å². The molecule has 33 heavy (non-hydrogen) atoms. The van der Waals surface area contributed by atoms with E-state index in [4.69, 9.17) is 0 Å². The highest BCUT2D eigenvalue weighted by atomic mass is 32.2. The number of carbonyl (C=O) groups excluding carboxylic acids is 1. The summed E-state index contributed by atoms with van der Waals surface area (Å²) in [6, 6.07) is 20.3. The van der Waals surface area contributed by atoms with E-state index in [0.717, 1.165) is 16.7 Å². The van der Waals surface area contributed by atoms with E-state index in [9.17, 15) is 23.3 Å². The van der Waals surface area contributed by atoms with E-state index in [1.807, 2.05) is 30.3 Å². The zero-order chi connectivity index (χ0) is 23.8. The molecule has 0 aliphatic heterocycles. The van der Waals surface area contributed by atoms with E-state index in [0.29, 0.717) is 25.1 Å². The number of carbonyl (C=O) groups is 1. The molecule has 0 radical (unpaired) electrons. The van der Waals surface area contributed by atoms with Gasteiger partial charge in [-0.2, -0.15) is 0 Å². The van der Waals surface area contributed by atoms with Crippen molar-refractivity contribution in [2.24, 2.45) is 0 Å². The van der Waals surface area contributed by atoms with Crippen LogP contribution in [-0.4, -0.2) is 25.8 Å². The van der Waals surface area contributed by atoms with Gasteiger partial charge in [-0.05, 0) is 48.6 Å². The zero-order valence-corrected chi connectivity index (χ0v) is 19.0. The summed E-state index contributed by atoms with van der Waals surface area (Å²) >= 11 is 0. The Bertz CT molecular complexity index is 1230. The summed E-state index contributed by atoms with van der Waals surface area (Å²) in [5.74, 6) is -0.280. The van der Waals surface area contributed by atoms with Crippen molar-refractivity contribution < 1.29 is 18.1 Å². The fourth-order valence-electron chi connectivity index (χ4n) is 3.22. The van der Waals surface area contributed by atoms with Crippen molar-refractivity contribution in [1.82, 2.24) is 4.72 Å². The summed E-state index contributed by atoms with van der Waals surface area (Å²) in [5, 5.41) is 13.6. The first-order valence-electron chi connectivity index (χ1n) is 10.4. The third-order valence-corrected chi connectivity index (χ3v) is 6.61. The van der Waals surface area contributed by atoms with Gasteiger partial charge in [-0.3, -0.25) is 14.9 Å². The highest BCUT2D eigenvalue weighted by Gasteiger charge is 2.14. The van der Waals surface area contributed by atoms with E-state index in [2.05, 4.69) is 10.0 Å². The van der Waals surface area contributed by atoms with Gasteiger partial charge in [-0.15, -0.1) is 0 Å². The van der Waals surface area contributed by atoms with Crippen LogP contribution in [0.15, 0.2) is 77.7 Å². The van der Waals surface area contributed by atoms with Crippen molar-refractivity contribution >= 4 is 27.3 Å². The van der Waals surface area contributed by atoms with E-state index in [-0.39, 0.29) is 22.9 Å². The molecular formula is C24H25N3O5S. The maximum absolute atomic E-state index is 12.5. The Morgan fingerprint density at radius 1 is 0.939 bits per heavy atom. The van der Waals surface area contributed by atoms with Crippen LogP contribution in [0.5, 0.6) is 0 Å². The molecule has 0 saturated carbocycles. The highest BCUT2D eigenvalue weighted by molar-refractivity contribution is 7.89. The molecule has 0 unspecified atom stereocenters. The van der Waals surface area contributed by atoms with Gasteiger partial charge in [0, 0.05) is 25.1 Å². The number of sulfonamides is 1. The first-order valence-corrected chi connectivity index (χ1v) is 11.9. The summed E-state index contributed by atoms with van der Waals surface area (Å²) in [6.07, 6.45) is 1.16. The quantitative estimate of drug-likeness (QED) is 0.345. The second-order valence-corrected chi connectivity index (χ2v) is 9.35. The summed E-state index contributed by atoms with van der Waals surface area (Å²) < 4.78 is 27.6. The van der Waals surface area contributed by atoms with Crippen molar-refractivity contribution in [3.05, 3.63) is 99.6 Å². The van der Waals surface area contributed by atoms with Gasteiger partial charge in [0.2, 0.25) is 15.9 Å². The Labute approximate surface area is 192 Å². The van der Waals surface area contributed by atoms with Crippen LogP contribution in [0.4, 0.5) is 11.4 Å². The Morgan fingerprint density at radius 2 is 1.61 bits per heavy atom. The minimum Gasteiger partial charge on any atom is -0.326 e. The molecule has 0 atom stereocenters. The molecule has 0 heterocycles. The van der Waals surface area contributed by atoms with Crippen LogP contribution in [-0.2, 0) is 27.7 Å². The number of aryl methyl sites for hydroxylation is 2. The van der Waals surface area contributed by atoms with Crippen LogP contribution in [0.1, 0.15) is 23.1 Å². The maximum atomic E-state index is 12.5. The molecule has 3 rings (SSSR count). The molecule has 0 saturated heterocycles. The molecule has 1 amide bonds. The average Bonchev–Trinajstić information content (AvgIpc) is 2.80. The lowest BCUT2D eigenvalue weighted by molar-refractivity contribution is -0.384. The average molecular weight is 468 g/mol. The Kier molecular flexibility index (Phi) is 7.92. The molecule has 0 fully saturated rings. The SMILES string of the molecule is Cc1ccc([N+](=O)[O-])cc1NC(=O)CCc1ccc(S(=O)(=O)NCCc2ccccc2)cc1. The Hall–Kier alpha value is -3.56. The van der Waals surface area contributed by atoms with Crippen molar-refractivity contribution in [1.29, 1.82) is 0 Å². The molecule has 0 aromatic heterocycles. The van der Waals surface area contributed by atoms with Gasteiger partial charge < -0.3 is 5.32 Å². The normalized spacial score (nSPS) is 11.2. The Balaban J connectivity index is 1.52. The molecule has 0 aliphatic rings. The summed E-state index contributed by atoms with van der Waals surface area (Å²) in [7, 11) is -3.62. The topological polar surface area (TPSA) is 118 Å². The predicted molar refractivity (Wildman–Crippen MR) is 127 cm³/mol. The first kappa shape index (κ1) is 24.1. The maximum Gasteiger partial charge on any atom is 0.271 e. The largest absolute Gasteiger partial charge is 0.326 e. The number of benzene rings is 3. The first-order chi connectivity index (χ1) is 15.7. The van der Waals surface area contributed by atoms with E-state index in [1.54, 1.807) is 25.1 Å². The number of nitro groups is 1. The molecule has 2 N–H and O–H groups in total. The van der Waals surface area contributed by atoms with Crippen LogP contribution in [0.2, 0.25) is 0 Å². The van der Waals surface area contributed by atoms with Crippen LogP contribution in [0.3, 0.4) is 0 Å². The van der Waals surface area contributed by atoms with Crippen LogP contribution in [0.25, 0.3) is 0 Å². The lowest BCUT2D eigenvalue weighted by Gasteiger charge is -2.09. The number of hydrogen-bond donors (Lipinski definition) is 2. The van der Waals surface area contributed by atoms with Gasteiger partial charge in [0.05, 0.1) is 15.5 Å². The summed E-state index contributed by atoms with van der Waals surface area (Å²) in [5.41, 5.74) is 2.89. The molecule has 172 valence electrons. The van der Waals surface area contributed by atoms with Crippen LogP contribution >= 0.6 is 0 Å². The van der Waals surface area contributed by atoms with Gasteiger partial charge in [-0.1, -0.05) is 48.5 Å². The predicted octanol–water partition coefficient (Wildman–Crippen LogP) is 4.00. The molecule has 0 spiro atoms. The number of amides is 1. The molecule has 3 aromatic rings. The van der Waals surface area contributed by atoms with Gasteiger partial charge in [0.1, 0.15) is 0 Å². The molecule has 3 aromatic carbocycles. The summed E-state index contributed by atoms with van der Waals surface area (Å²) in [4.78, 5) is 22.9. The number of hydrogen-bond acceptors (Lipinski definition) is 5. The van der Waals surface area contributed by atoms with Crippen molar-refractivity contribution in [3.8, 4) is 0 Å². The molecule has 9 heteroatoms. The number of nitrogens with zero attached hydrogens (tertiary/aromatic N) is 1. The number of anilines is 1. The minimum atomic E-state index is -3.62. The van der Waals surface area contributed by atoms with Crippen molar-refractivity contribution in [2.75, 3.05) is 11.9 Å². The molecule has 0 aliphatic carbocycles. The van der Waals surface area contributed by atoms with Crippen LogP contribution in [0, 0.1) is 17.0 Å². The van der Waals surface area contributed by atoms with Gasteiger partial charge in [-0.25, -0.2) is 13.1 Å². The fourth-order valence-corrected chi connectivity index (χ4v) is 4.25. The molecule has 8 nitrogen and oxygen atoms in total.